The summed E-state index contributed by atoms with van der Waals surface area (Å²) in [5, 5.41) is 7.91. The maximum absolute atomic E-state index is 14.4. The van der Waals surface area contributed by atoms with Crippen LogP contribution in [0.5, 0.6) is 0 Å². The smallest absolute Gasteiger partial charge is 0.149 e. The maximum atomic E-state index is 14.4. The zero-order chi connectivity index (χ0) is 15.2. The molecule has 1 aromatic heterocycles. The second-order valence-corrected chi connectivity index (χ2v) is 5.17. The predicted octanol–water partition coefficient (Wildman–Crippen LogP) is 3.64. The minimum absolute atomic E-state index is 0.216. The molecule has 0 aliphatic heterocycles. The molecule has 0 bridgehead atoms. The predicted molar refractivity (Wildman–Crippen MR) is 84.3 cm³/mol. The summed E-state index contributed by atoms with van der Waals surface area (Å²) in [6, 6.07) is 7.30. The van der Waals surface area contributed by atoms with Crippen molar-refractivity contribution in [2.45, 2.75) is 46.6 Å². The van der Waals surface area contributed by atoms with Gasteiger partial charge in [-0.3, -0.25) is 0 Å². The first-order chi connectivity index (χ1) is 10.2. The van der Waals surface area contributed by atoms with Crippen LogP contribution in [-0.2, 0) is 19.4 Å². The second-order valence-electron chi connectivity index (χ2n) is 5.17. The first-order valence-corrected chi connectivity index (χ1v) is 7.77. The molecule has 4 heteroatoms. The van der Waals surface area contributed by atoms with E-state index in [1.165, 1.54) is 6.07 Å². The average molecular weight is 289 g/mol. The fourth-order valence-electron chi connectivity index (χ4n) is 2.43. The van der Waals surface area contributed by atoms with E-state index in [2.05, 4.69) is 37.3 Å². The monoisotopic (exact) mass is 289 g/mol. The van der Waals surface area contributed by atoms with Gasteiger partial charge in [0.05, 0.1) is 5.69 Å². The number of aromatic nitrogens is 2. The molecule has 0 atom stereocenters. The lowest BCUT2D eigenvalue weighted by molar-refractivity contribution is 0.595. The van der Waals surface area contributed by atoms with Crippen LogP contribution in [0.15, 0.2) is 24.3 Å². The fraction of sp³-hybridized carbons (Fsp3) is 0.471. The number of nitrogens with zero attached hydrogens (tertiary/aromatic N) is 2. The first-order valence-electron chi connectivity index (χ1n) is 7.77. The van der Waals surface area contributed by atoms with E-state index in [1.54, 1.807) is 10.7 Å². The van der Waals surface area contributed by atoms with Crippen molar-refractivity contribution in [1.82, 2.24) is 15.1 Å². The third kappa shape index (κ3) is 3.50. The SMILES string of the molecule is CCCNCc1cccc(F)c1-n1nc(CC)cc1CC. The summed E-state index contributed by atoms with van der Waals surface area (Å²) < 4.78 is 16.2. The topological polar surface area (TPSA) is 29.9 Å². The Bertz CT molecular complexity index is 590. The van der Waals surface area contributed by atoms with Gasteiger partial charge in [-0.1, -0.05) is 32.9 Å². The minimum Gasteiger partial charge on any atom is -0.313 e. The molecule has 2 aromatic rings. The van der Waals surface area contributed by atoms with E-state index in [1.807, 2.05) is 6.07 Å². The van der Waals surface area contributed by atoms with Gasteiger partial charge in [0, 0.05) is 12.2 Å². The van der Waals surface area contributed by atoms with Gasteiger partial charge in [0.15, 0.2) is 0 Å². The molecular weight excluding hydrogens is 265 g/mol. The Morgan fingerprint density at radius 1 is 1.19 bits per heavy atom. The molecule has 0 amide bonds. The summed E-state index contributed by atoms with van der Waals surface area (Å²) in [4.78, 5) is 0. The van der Waals surface area contributed by atoms with E-state index >= 15 is 0 Å². The number of rotatable bonds is 7. The van der Waals surface area contributed by atoms with Gasteiger partial charge >= 0.3 is 0 Å². The van der Waals surface area contributed by atoms with Crippen LogP contribution in [0, 0.1) is 5.82 Å². The van der Waals surface area contributed by atoms with Crippen molar-refractivity contribution in [2.75, 3.05) is 6.54 Å². The van der Waals surface area contributed by atoms with E-state index in [9.17, 15) is 4.39 Å². The number of hydrogen-bond donors (Lipinski definition) is 1. The van der Waals surface area contributed by atoms with Gasteiger partial charge in [0.1, 0.15) is 11.5 Å². The highest BCUT2D eigenvalue weighted by molar-refractivity contribution is 5.43. The summed E-state index contributed by atoms with van der Waals surface area (Å²) in [5.41, 5.74) is 3.58. The van der Waals surface area contributed by atoms with Crippen molar-refractivity contribution in [2.24, 2.45) is 0 Å². The largest absolute Gasteiger partial charge is 0.313 e. The van der Waals surface area contributed by atoms with Gasteiger partial charge < -0.3 is 5.32 Å². The van der Waals surface area contributed by atoms with Crippen molar-refractivity contribution in [3.8, 4) is 5.69 Å². The number of benzene rings is 1. The van der Waals surface area contributed by atoms with Crippen LogP contribution in [0.1, 0.15) is 44.1 Å². The molecule has 0 aliphatic rings. The normalized spacial score (nSPS) is 11.0. The van der Waals surface area contributed by atoms with Gasteiger partial charge in [0.2, 0.25) is 0 Å². The number of para-hydroxylation sites is 1. The molecule has 21 heavy (non-hydrogen) atoms. The Balaban J connectivity index is 2.44. The van der Waals surface area contributed by atoms with Crippen LogP contribution in [-0.4, -0.2) is 16.3 Å². The van der Waals surface area contributed by atoms with Crippen molar-refractivity contribution in [3.63, 3.8) is 0 Å². The highest BCUT2D eigenvalue weighted by Gasteiger charge is 2.15. The van der Waals surface area contributed by atoms with Crippen LogP contribution in [0.3, 0.4) is 0 Å². The lowest BCUT2D eigenvalue weighted by Gasteiger charge is -2.13. The average Bonchev–Trinajstić information content (AvgIpc) is 2.90. The Morgan fingerprint density at radius 3 is 2.67 bits per heavy atom. The molecule has 0 unspecified atom stereocenters. The van der Waals surface area contributed by atoms with Crippen LogP contribution >= 0.6 is 0 Å². The van der Waals surface area contributed by atoms with Crippen LogP contribution < -0.4 is 5.32 Å². The lowest BCUT2D eigenvalue weighted by Crippen LogP contribution is -2.17. The fourth-order valence-corrected chi connectivity index (χ4v) is 2.43. The van der Waals surface area contributed by atoms with Gasteiger partial charge in [-0.2, -0.15) is 5.10 Å². The van der Waals surface area contributed by atoms with Crippen LogP contribution in [0.4, 0.5) is 4.39 Å². The Morgan fingerprint density at radius 2 is 2.00 bits per heavy atom. The third-order valence-corrected chi connectivity index (χ3v) is 3.58. The molecule has 1 N–H and O–H groups in total. The molecule has 114 valence electrons. The second kappa shape index (κ2) is 7.36. The number of nitrogens with one attached hydrogen (secondary N) is 1. The van der Waals surface area contributed by atoms with E-state index < -0.39 is 0 Å². The van der Waals surface area contributed by atoms with Crippen molar-refractivity contribution in [3.05, 3.63) is 47.0 Å². The van der Waals surface area contributed by atoms with E-state index in [4.69, 9.17) is 0 Å². The van der Waals surface area contributed by atoms with Crippen LogP contribution in [0.25, 0.3) is 5.69 Å². The number of aryl methyl sites for hydroxylation is 2. The zero-order valence-electron chi connectivity index (χ0n) is 13.1. The molecule has 3 nitrogen and oxygen atoms in total. The van der Waals surface area contributed by atoms with E-state index in [-0.39, 0.29) is 5.82 Å². The van der Waals surface area contributed by atoms with Crippen molar-refractivity contribution < 1.29 is 4.39 Å². The summed E-state index contributed by atoms with van der Waals surface area (Å²) in [6.45, 7) is 7.84. The zero-order valence-corrected chi connectivity index (χ0v) is 13.1. The Hall–Kier alpha value is -1.68. The molecule has 2 rings (SSSR count). The molecule has 1 aromatic carbocycles. The molecular formula is C17H24FN3. The quantitative estimate of drug-likeness (QED) is 0.789. The summed E-state index contributed by atoms with van der Waals surface area (Å²) in [7, 11) is 0. The highest BCUT2D eigenvalue weighted by Crippen LogP contribution is 2.21. The molecule has 0 saturated heterocycles. The maximum Gasteiger partial charge on any atom is 0.149 e. The molecule has 1 heterocycles. The number of halogens is 1. The summed E-state index contributed by atoms with van der Waals surface area (Å²) in [5.74, 6) is -0.216. The molecule has 0 radical (unpaired) electrons. The van der Waals surface area contributed by atoms with E-state index in [0.29, 0.717) is 12.2 Å². The first kappa shape index (κ1) is 15.7. The Kier molecular flexibility index (Phi) is 5.51. The minimum atomic E-state index is -0.216. The number of hydrogen-bond acceptors (Lipinski definition) is 2. The molecule has 0 aliphatic carbocycles. The summed E-state index contributed by atoms with van der Waals surface area (Å²) >= 11 is 0. The molecule has 0 spiro atoms. The summed E-state index contributed by atoms with van der Waals surface area (Å²) in [6.07, 6.45) is 2.76. The van der Waals surface area contributed by atoms with Gasteiger partial charge in [-0.25, -0.2) is 9.07 Å². The van der Waals surface area contributed by atoms with Crippen molar-refractivity contribution >= 4 is 0 Å². The molecule has 0 saturated carbocycles. The van der Waals surface area contributed by atoms with Gasteiger partial charge in [0.25, 0.3) is 0 Å². The standard InChI is InChI=1S/C17H24FN3/c1-4-10-19-12-13-8-7-9-16(18)17(13)21-15(6-3)11-14(5-2)20-21/h7-9,11,19H,4-6,10,12H2,1-3H3. The van der Waals surface area contributed by atoms with E-state index in [0.717, 1.165) is 42.8 Å². The van der Waals surface area contributed by atoms with Gasteiger partial charge in [-0.15, -0.1) is 0 Å². The Labute approximate surface area is 126 Å². The molecule has 0 fully saturated rings. The van der Waals surface area contributed by atoms with Crippen LogP contribution in [0.2, 0.25) is 0 Å². The highest BCUT2D eigenvalue weighted by atomic mass is 19.1. The third-order valence-electron chi connectivity index (χ3n) is 3.58. The lowest BCUT2D eigenvalue weighted by atomic mass is 10.1. The van der Waals surface area contributed by atoms with Gasteiger partial charge in [-0.05, 0) is 43.5 Å². The van der Waals surface area contributed by atoms with Crippen molar-refractivity contribution in [1.29, 1.82) is 0 Å².